The summed E-state index contributed by atoms with van der Waals surface area (Å²) in [7, 11) is 0. The molecule has 1 aliphatic carbocycles. The van der Waals surface area contributed by atoms with E-state index in [4.69, 9.17) is 5.26 Å². The van der Waals surface area contributed by atoms with E-state index in [2.05, 4.69) is 22.4 Å². The fraction of sp³-hybridized carbons (Fsp3) is 0.444. The lowest BCUT2D eigenvalue weighted by atomic mass is 10.4. The van der Waals surface area contributed by atoms with Crippen LogP contribution >= 0.6 is 0 Å². The van der Waals surface area contributed by atoms with Gasteiger partial charge in [0, 0.05) is 6.04 Å². The van der Waals surface area contributed by atoms with E-state index in [1.807, 2.05) is 6.07 Å². The lowest BCUT2D eigenvalue weighted by molar-refractivity contribution is 0.909. The number of hydrogen-bond acceptors (Lipinski definition) is 4. The third kappa shape index (κ3) is 1.75. The third-order valence-electron chi connectivity index (χ3n) is 2.22. The van der Waals surface area contributed by atoms with Gasteiger partial charge in [-0.1, -0.05) is 6.92 Å². The Balaban J connectivity index is 2.02. The fourth-order valence-corrected chi connectivity index (χ4v) is 1.18. The zero-order valence-electron chi connectivity index (χ0n) is 7.36. The van der Waals surface area contributed by atoms with E-state index < -0.39 is 0 Å². The van der Waals surface area contributed by atoms with Crippen molar-refractivity contribution < 1.29 is 0 Å². The molecule has 1 fully saturated rings. The molecule has 1 aromatic rings. The van der Waals surface area contributed by atoms with Gasteiger partial charge in [-0.3, -0.25) is 0 Å². The molecule has 2 unspecified atom stereocenters. The molecule has 13 heavy (non-hydrogen) atoms. The predicted molar refractivity (Wildman–Crippen MR) is 47.9 cm³/mol. The van der Waals surface area contributed by atoms with Crippen LogP contribution in [0.3, 0.4) is 0 Å². The molecular weight excluding hydrogens is 164 g/mol. The molecule has 0 aliphatic heterocycles. The van der Waals surface area contributed by atoms with Gasteiger partial charge in [0.25, 0.3) is 0 Å². The zero-order valence-corrected chi connectivity index (χ0v) is 7.36. The van der Waals surface area contributed by atoms with Crippen molar-refractivity contribution in [1.82, 2.24) is 10.2 Å². The van der Waals surface area contributed by atoms with Crippen LogP contribution in [0, 0.1) is 17.2 Å². The van der Waals surface area contributed by atoms with Gasteiger partial charge in [0.2, 0.25) is 0 Å². The number of nitriles is 1. The second-order valence-electron chi connectivity index (χ2n) is 3.38. The van der Waals surface area contributed by atoms with E-state index in [-0.39, 0.29) is 0 Å². The topological polar surface area (TPSA) is 61.6 Å². The highest BCUT2D eigenvalue weighted by Gasteiger charge is 2.32. The Bertz CT molecular complexity index is 338. The summed E-state index contributed by atoms with van der Waals surface area (Å²) in [4.78, 5) is 0. The molecule has 1 aliphatic rings. The van der Waals surface area contributed by atoms with Gasteiger partial charge in [0.15, 0.2) is 5.69 Å². The molecule has 0 aromatic carbocycles. The van der Waals surface area contributed by atoms with Crippen molar-refractivity contribution >= 4 is 5.82 Å². The first kappa shape index (κ1) is 7.99. The first-order chi connectivity index (χ1) is 6.29. The number of aromatic nitrogens is 2. The Hall–Kier alpha value is -1.63. The molecule has 0 amide bonds. The molecule has 4 nitrogen and oxygen atoms in total. The van der Waals surface area contributed by atoms with Crippen molar-refractivity contribution in [3.05, 3.63) is 17.8 Å². The summed E-state index contributed by atoms with van der Waals surface area (Å²) in [5.41, 5.74) is 0.356. The Kier molecular flexibility index (Phi) is 1.85. The van der Waals surface area contributed by atoms with Crippen molar-refractivity contribution in [1.29, 1.82) is 5.26 Å². The molecule has 4 heteroatoms. The molecule has 0 saturated heterocycles. The summed E-state index contributed by atoms with van der Waals surface area (Å²) in [6.07, 6.45) is 1.20. The van der Waals surface area contributed by atoms with Crippen LogP contribution in [0.2, 0.25) is 0 Å². The van der Waals surface area contributed by atoms with Gasteiger partial charge in [-0.15, -0.1) is 10.2 Å². The van der Waals surface area contributed by atoms with Gasteiger partial charge < -0.3 is 5.32 Å². The second kappa shape index (κ2) is 3.02. The Morgan fingerprint density at radius 1 is 1.54 bits per heavy atom. The number of hydrogen-bond donors (Lipinski definition) is 1. The van der Waals surface area contributed by atoms with Crippen molar-refractivity contribution in [2.45, 2.75) is 19.4 Å². The second-order valence-corrected chi connectivity index (χ2v) is 3.38. The Morgan fingerprint density at radius 2 is 2.31 bits per heavy atom. The molecule has 1 aromatic heterocycles. The first-order valence-electron chi connectivity index (χ1n) is 4.30. The van der Waals surface area contributed by atoms with E-state index in [0.29, 0.717) is 11.7 Å². The molecule has 0 spiro atoms. The van der Waals surface area contributed by atoms with Crippen LogP contribution < -0.4 is 5.32 Å². The van der Waals surface area contributed by atoms with Gasteiger partial charge in [0.1, 0.15) is 11.9 Å². The third-order valence-corrected chi connectivity index (χ3v) is 2.22. The predicted octanol–water partition coefficient (Wildman–Crippen LogP) is 1.17. The summed E-state index contributed by atoms with van der Waals surface area (Å²) in [6, 6.07) is 5.93. The average molecular weight is 174 g/mol. The van der Waals surface area contributed by atoms with E-state index in [1.54, 1.807) is 12.1 Å². The van der Waals surface area contributed by atoms with E-state index in [0.717, 1.165) is 11.7 Å². The lowest BCUT2D eigenvalue weighted by Crippen LogP contribution is -2.06. The van der Waals surface area contributed by atoms with Crippen LogP contribution in [0.25, 0.3) is 0 Å². The largest absolute Gasteiger partial charge is 0.366 e. The van der Waals surface area contributed by atoms with Crippen LogP contribution in [0.5, 0.6) is 0 Å². The van der Waals surface area contributed by atoms with Crippen molar-refractivity contribution in [2.24, 2.45) is 5.92 Å². The van der Waals surface area contributed by atoms with E-state index in [9.17, 15) is 0 Å². The lowest BCUT2D eigenvalue weighted by Gasteiger charge is -2.01. The van der Waals surface area contributed by atoms with Gasteiger partial charge >= 0.3 is 0 Å². The zero-order chi connectivity index (χ0) is 9.26. The van der Waals surface area contributed by atoms with E-state index in [1.165, 1.54) is 6.42 Å². The minimum atomic E-state index is 0.356. The Labute approximate surface area is 76.6 Å². The summed E-state index contributed by atoms with van der Waals surface area (Å²) in [6.45, 7) is 2.19. The normalized spacial score (nSPS) is 24.9. The van der Waals surface area contributed by atoms with Crippen molar-refractivity contribution in [3.8, 4) is 6.07 Å². The molecule has 2 rings (SSSR count). The minimum absolute atomic E-state index is 0.356. The Morgan fingerprint density at radius 3 is 2.77 bits per heavy atom. The molecule has 1 N–H and O–H groups in total. The maximum Gasteiger partial charge on any atom is 0.163 e. The molecule has 1 saturated carbocycles. The summed E-state index contributed by atoms with van der Waals surface area (Å²) < 4.78 is 0. The molecule has 0 bridgehead atoms. The number of rotatable bonds is 2. The van der Waals surface area contributed by atoms with Crippen molar-refractivity contribution in [3.63, 3.8) is 0 Å². The molecule has 66 valence electrons. The fourth-order valence-electron chi connectivity index (χ4n) is 1.18. The molecular formula is C9H10N4. The highest BCUT2D eigenvalue weighted by atomic mass is 15.2. The van der Waals surface area contributed by atoms with Crippen LogP contribution in [0.1, 0.15) is 19.0 Å². The highest BCUT2D eigenvalue weighted by molar-refractivity contribution is 5.38. The summed E-state index contributed by atoms with van der Waals surface area (Å²) in [5, 5.41) is 19.3. The minimum Gasteiger partial charge on any atom is -0.366 e. The van der Waals surface area contributed by atoms with Crippen LogP contribution in [0.15, 0.2) is 12.1 Å². The average Bonchev–Trinajstić information content (AvgIpc) is 2.83. The highest BCUT2D eigenvalue weighted by Crippen LogP contribution is 2.31. The van der Waals surface area contributed by atoms with Gasteiger partial charge in [0.05, 0.1) is 0 Å². The maximum absolute atomic E-state index is 8.49. The van der Waals surface area contributed by atoms with E-state index >= 15 is 0 Å². The standard InChI is InChI=1S/C9H10N4/c1-6-4-8(6)11-9-3-2-7(5-10)12-13-9/h2-3,6,8H,4H2,1H3,(H,11,13). The number of nitrogens with zero attached hydrogens (tertiary/aromatic N) is 3. The van der Waals surface area contributed by atoms with Gasteiger partial charge in [-0.25, -0.2) is 0 Å². The summed E-state index contributed by atoms with van der Waals surface area (Å²) >= 11 is 0. The summed E-state index contributed by atoms with van der Waals surface area (Å²) in [5.74, 6) is 1.49. The first-order valence-corrected chi connectivity index (χ1v) is 4.30. The molecule has 1 heterocycles. The SMILES string of the molecule is CC1CC1Nc1ccc(C#N)nn1. The maximum atomic E-state index is 8.49. The van der Waals surface area contributed by atoms with Gasteiger partial charge in [-0.05, 0) is 24.5 Å². The monoisotopic (exact) mass is 174 g/mol. The molecule has 2 atom stereocenters. The van der Waals surface area contributed by atoms with Crippen molar-refractivity contribution in [2.75, 3.05) is 5.32 Å². The van der Waals surface area contributed by atoms with Gasteiger partial charge in [-0.2, -0.15) is 5.26 Å². The van der Waals surface area contributed by atoms with Crippen LogP contribution in [-0.2, 0) is 0 Å². The smallest absolute Gasteiger partial charge is 0.163 e. The number of nitrogens with one attached hydrogen (secondary N) is 1. The molecule has 0 radical (unpaired) electrons. The van der Waals surface area contributed by atoms with Crippen LogP contribution in [0.4, 0.5) is 5.82 Å². The quantitative estimate of drug-likeness (QED) is 0.731. The van der Waals surface area contributed by atoms with Crippen LogP contribution in [-0.4, -0.2) is 16.2 Å². The number of anilines is 1.